The van der Waals surface area contributed by atoms with Crippen molar-refractivity contribution in [2.24, 2.45) is 0 Å². The third-order valence-corrected chi connectivity index (χ3v) is 6.54. The van der Waals surface area contributed by atoms with Crippen LogP contribution in [0.4, 0.5) is 5.69 Å². The van der Waals surface area contributed by atoms with Crippen LogP contribution in [0, 0.1) is 6.92 Å². The molecule has 0 aliphatic heterocycles. The largest absolute Gasteiger partial charge is 0.348 e. The van der Waals surface area contributed by atoms with Crippen molar-refractivity contribution in [3.63, 3.8) is 0 Å². The van der Waals surface area contributed by atoms with Crippen LogP contribution in [0.2, 0.25) is 5.02 Å². The number of aryl methyl sites for hydroxylation is 1. The van der Waals surface area contributed by atoms with Gasteiger partial charge >= 0.3 is 0 Å². The summed E-state index contributed by atoms with van der Waals surface area (Å²) in [5.74, 6) is -0.401. The van der Waals surface area contributed by atoms with Crippen molar-refractivity contribution >= 4 is 33.2 Å². The maximum atomic E-state index is 12.9. The fourth-order valence-corrected chi connectivity index (χ4v) is 4.06. The molecule has 0 unspecified atom stereocenters. The molecule has 0 radical (unpaired) electrons. The number of hydrogen-bond donors (Lipinski definition) is 1. The summed E-state index contributed by atoms with van der Waals surface area (Å²) in [5, 5.41) is 3.00. The molecular weight excluding hydrogens is 410 g/mol. The van der Waals surface area contributed by atoms with E-state index in [2.05, 4.69) is 10.3 Å². The Morgan fingerprint density at radius 3 is 2.52 bits per heavy atom. The fourth-order valence-electron chi connectivity index (χ4n) is 2.67. The number of hydrogen-bond acceptors (Lipinski definition) is 4. The Hall–Kier alpha value is -2.90. The highest BCUT2D eigenvalue weighted by molar-refractivity contribution is 7.92. The molecule has 1 N–H and O–H groups in total. The maximum absolute atomic E-state index is 12.9. The van der Waals surface area contributed by atoms with E-state index in [1.54, 1.807) is 48.8 Å². The van der Waals surface area contributed by atoms with E-state index in [1.807, 2.05) is 13.0 Å². The molecule has 0 spiro atoms. The molecule has 150 valence electrons. The van der Waals surface area contributed by atoms with Crippen molar-refractivity contribution in [2.45, 2.75) is 18.4 Å². The molecule has 0 fully saturated rings. The van der Waals surface area contributed by atoms with Gasteiger partial charge in [0.25, 0.3) is 15.9 Å². The highest BCUT2D eigenvalue weighted by atomic mass is 35.5. The van der Waals surface area contributed by atoms with Crippen LogP contribution in [0.15, 0.2) is 71.9 Å². The van der Waals surface area contributed by atoms with Crippen LogP contribution in [-0.2, 0) is 16.6 Å². The molecule has 0 bridgehead atoms. The van der Waals surface area contributed by atoms with E-state index in [9.17, 15) is 13.2 Å². The predicted molar refractivity (Wildman–Crippen MR) is 114 cm³/mol. The molecule has 29 heavy (non-hydrogen) atoms. The number of carbonyl (C=O) groups excluding carboxylic acids is 1. The van der Waals surface area contributed by atoms with Gasteiger partial charge in [-0.25, -0.2) is 8.42 Å². The number of nitrogens with zero attached hydrogens (tertiary/aromatic N) is 2. The van der Waals surface area contributed by atoms with Gasteiger partial charge in [0.1, 0.15) is 0 Å². The Labute approximate surface area is 175 Å². The average Bonchev–Trinajstić information content (AvgIpc) is 2.73. The van der Waals surface area contributed by atoms with Gasteiger partial charge in [-0.1, -0.05) is 35.4 Å². The molecule has 1 amide bonds. The first kappa shape index (κ1) is 20.8. The number of nitrogens with one attached hydrogen (secondary N) is 1. The van der Waals surface area contributed by atoms with Gasteiger partial charge in [0, 0.05) is 26.0 Å². The summed E-state index contributed by atoms with van der Waals surface area (Å²) < 4.78 is 26.9. The number of sulfonamides is 1. The molecule has 2 aromatic carbocycles. The Kier molecular flexibility index (Phi) is 6.20. The van der Waals surface area contributed by atoms with Gasteiger partial charge in [-0.3, -0.25) is 14.1 Å². The van der Waals surface area contributed by atoms with Crippen LogP contribution in [0.1, 0.15) is 21.5 Å². The first-order valence-corrected chi connectivity index (χ1v) is 10.6. The standard InChI is InChI=1S/C21H20ClN3O3S/c1-15-5-8-18(9-6-15)29(27,28)25(2)17-7-10-20(22)19(12-17)21(26)24-14-16-4-3-11-23-13-16/h3-13H,14H2,1-2H3,(H,24,26). The number of aromatic nitrogens is 1. The second-order valence-electron chi connectivity index (χ2n) is 6.49. The number of pyridine rings is 1. The molecule has 6 nitrogen and oxygen atoms in total. The van der Waals surface area contributed by atoms with Crippen molar-refractivity contribution in [3.8, 4) is 0 Å². The summed E-state index contributed by atoms with van der Waals surface area (Å²) in [7, 11) is -2.33. The molecule has 1 aromatic heterocycles. The second kappa shape index (κ2) is 8.63. The molecule has 1 heterocycles. The maximum Gasteiger partial charge on any atom is 0.264 e. The van der Waals surface area contributed by atoms with E-state index in [-0.39, 0.29) is 22.0 Å². The quantitative estimate of drug-likeness (QED) is 0.646. The lowest BCUT2D eigenvalue weighted by Crippen LogP contribution is -2.27. The summed E-state index contributed by atoms with van der Waals surface area (Å²) in [6.07, 6.45) is 3.30. The monoisotopic (exact) mass is 429 g/mol. The smallest absolute Gasteiger partial charge is 0.264 e. The summed E-state index contributed by atoms with van der Waals surface area (Å²) in [4.78, 5) is 16.8. The van der Waals surface area contributed by atoms with Gasteiger partial charge in [0.2, 0.25) is 0 Å². The Morgan fingerprint density at radius 2 is 1.86 bits per heavy atom. The number of benzene rings is 2. The van der Waals surface area contributed by atoms with E-state index in [0.717, 1.165) is 15.4 Å². The van der Waals surface area contributed by atoms with Crippen molar-refractivity contribution in [3.05, 3.63) is 88.7 Å². The summed E-state index contributed by atoms with van der Waals surface area (Å²) >= 11 is 6.19. The minimum atomic E-state index is -3.77. The van der Waals surface area contributed by atoms with Gasteiger partial charge in [-0.05, 0) is 48.9 Å². The zero-order valence-corrected chi connectivity index (χ0v) is 17.5. The van der Waals surface area contributed by atoms with Crippen molar-refractivity contribution < 1.29 is 13.2 Å². The molecule has 0 saturated carbocycles. The molecule has 3 rings (SSSR count). The number of halogens is 1. The summed E-state index contributed by atoms with van der Waals surface area (Å²) in [5.41, 5.74) is 2.33. The minimum absolute atomic E-state index is 0.170. The molecule has 0 atom stereocenters. The Bertz CT molecular complexity index is 1120. The number of amides is 1. The Balaban J connectivity index is 1.84. The summed E-state index contributed by atoms with van der Waals surface area (Å²) in [6, 6.07) is 14.7. The second-order valence-corrected chi connectivity index (χ2v) is 8.87. The van der Waals surface area contributed by atoms with Crippen LogP contribution < -0.4 is 9.62 Å². The van der Waals surface area contributed by atoms with Crippen LogP contribution in [-0.4, -0.2) is 26.4 Å². The predicted octanol–water partition coefficient (Wildman–Crippen LogP) is 3.80. The van der Waals surface area contributed by atoms with Gasteiger partial charge in [-0.2, -0.15) is 0 Å². The van der Waals surface area contributed by atoms with Gasteiger partial charge in [-0.15, -0.1) is 0 Å². The third-order valence-electron chi connectivity index (χ3n) is 4.41. The van der Waals surface area contributed by atoms with E-state index < -0.39 is 15.9 Å². The van der Waals surface area contributed by atoms with E-state index >= 15 is 0 Å². The van der Waals surface area contributed by atoms with Crippen LogP contribution in [0.3, 0.4) is 0 Å². The highest BCUT2D eigenvalue weighted by Gasteiger charge is 2.22. The van der Waals surface area contributed by atoms with Crippen LogP contribution >= 0.6 is 11.6 Å². The van der Waals surface area contributed by atoms with Gasteiger partial charge in [0.05, 0.1) is 21.2 Å². The molecule has 8 heteroatoms. The van der Waals surface area contributed by atoms with E-state index in [4.69, 9.17) is 11.6 Å². The van der Waals surface area contributed by atoms with Crippen LogP contribution in [0.25, 0.3) is 0 Å². The minimum Gasteiger partial charge on any atom is -0.348 e. The van der Waals surface area contributed by atoms with Crippen molar-refractivity contribution in [1.82, 2.24) is 10.3 Å². The molecule has 0 aliphatic carbocycles. The number of anilines is 1. The van der Waals surface area contributed by atoms with Crippen molar-refractivity contribution in [2.75, 3.05) is 11.4 Å². The molecule has 0 saturated heterocycles. The molecular formula is C21H20ClN3O3S. The lowest BCUT2D eigenvalue weighted by molar-refractivity contribution is 0.0951. The first-order chi connectivity index (χ1) is 13.8. The van der Waals surface area contributed by atoms with Crippen LogP contribution in [0.5, 0.6) is 0 Å². The van der Waals surface area contributed by atoms with E-state index in [1.165, 1.54) is 19.2 Å². The topological polar surface area (TPSA) is 79.4 Å². The number of rotatable bonds is 6. The summed E-state index contributed by atoms with van der Waals surface area (Å²) in [6.45, 7) is 2.17. The third kappa shape index (κ3) is 4.75. The fraction of sp³-hybridized carbons (Fsp3) is 0.143. The highest BCUT2D eigenvalue weighted by Crippen LogP contribution is 2.27. The first-order valence-electron chi connectivity index (χ1n) is 8.81. The van der Waals surface area contributed by atoms with Gasteiger partial charge < -0.3 is 5.32 Å². The molecule has 0 aliphatic rings. The zero-order chi connectivity index (χ0) is 21.0. The number of carbonyl (C=O) groups is 1. The average molecular weight is 430 g/mol. The normalized spacial score (nSPS) is 11.1. The van der Waals surface area contributed by atoms with Crippen molar-refractivity contribution in [1.29, 1.82) is 0 Å². The molecule has 3 aromatic rings. The lowest BCUT2D eigenvalue weighted by atomic mass is 10.1. The zero-order valence-electron chi connectivity index (χ0n) is 16.0. The van der Waals surface area contributed by atoms with E-state index in [0.29, 0.717) is 5.69 Å². The Morgan fingerprint density at radius 1 is 1.14 bits per heavy atom. The lowest BCUT2D eigenvalue weighted by Gasteiger charge is -2.20. The van der Waals surface area contributed by atoms with Gasteiger partial charge in [0.15, 0.2) is 0 Å². The SMILES string of the molecule is Cc1ccc(S(=O)(=O)N(C)c2ccc(Cl)c(C(=O)NCc3cccnc3)c2)cc1.